The Bertz CT molecular complexity index is 3690. The number of piperazine rings is 1. The highest BCUT2D eigenvalue weighted by molar-refractivity contribution is 6.19. The highest BCUT2D eigenvalue weighted by atomic mass is 35.5. The van der Waals surface area contributed by atoms with Crippen LogP contribution in [0, 0.1) is 11.8 Å². The molecule has 3 atom stereocenters. The Kier molecular flexibility index (Phi) is 29.3. The number of primary amides is 1. The summed E-state index contributed by atoms with van der Waals surface area (Å²) in [6, 6.07) is 20.7. The number of halogens is 1. The summed E-state index contributed by atoms with van der Waals surface area (Å²) in [6.45, 7) is 9.53. The van der Waals surface area contributed by atoms with Gasteiger partial charge in [0.2, 0.25) is 17.7 Å². The molecule has 0 bridgehead atoms. The zero-order chi connectivity index (χ0) is 70.8. The normalized spacial score (nSPS) is 15.1. The first-order valence-corrected chi connectivity index (χ1v) is 34.1. The molecule has 1 aromatic heterocycles. The van der Waals surface area contributed by atoms with Crippen LogP contribution in [0.15, 0.2) is 95.4 Å². The van der Waals surface area contributed by atoms with Gasteiger partial charge < -0.3 is 75.1 Å². The Morgan fingerprint density at radius 1 is 0.687 bits per heavy atom. The summed E-state index contributed by atoms with van der Waals surface area (Å²) < 4.78 is 34.1. The van der Waals surface area contributed by atoms with Crippen LogP contribution in [0.2, 0.25) is 0 Å². The molecule has 28 heteroatoms. The van der Waals surface area contributed by atoms with E-state index in [-0.39, 0.29) is 131 Å². The molecule has 1 saturated heterocycles. The molecule has 10 amide bonds. The van der Waals surface area contributed by atoms with Crippen molar-refractivity contribution in [2.45, 2.75) is 83.6 Å². The molecule has 0 unspecified atom stereocenters. The number of nitrogens with zero attached hydrogens (tertiary/aromatic N) is 4. The number of carbonyl (C=O) groups is 11. The molecule has 7 N–H and O–H groups in total. The van der Waals surface area contributed by atoms with E-state index in [2.05, 4.69) is 31.5 Å². The molecule has 3 aliphatic rings. The predicted molar refractivity (Wildman–Crippen MR) is 368 cm³/mol. The Morgan fingerprint density at radius 3 is 1.99 bits per heavy atom. The first-order chi connectivity index (χ1) is 47.8. The largest absolute Gasteiger partial charge is 0.451 e. The average molecular weight is 1390 g/mol. The number of carbonyl (C=O) groups excluding carboxylic acids is 11. The number of amides is 10. The van der Waals surface area contributed by atoms with Crippen LogP contribution in [0.4, 0.5) is 21.0 Å². The van der Waals surface area contributed by atoms with Crippen molar-refractivity contribution in [1.29, 1.82) is 0 Å². The molecule has 0 aliphatic carbocycles. The number of urea groups is 1. The second-order valence-electron chi connectivity index (χ2n) is 24.8. The average Bonchev–Trinajstić information content (AvgIpc) is 1.63. The number of nitrogens with one attached hydrogen (secondary N) is 5. The monoisotopic (exact) mass is 1390 g/mol. The zero-order valence-corrected chi connectivity index (χ0v) is 57.0. The van der Waals surface area contributed by atoms with E-state index in [4.69, 9.17) is 45.4 Å². The third kappa shape index (κ3) is 22.7. The number of alkyl halides is 1. The van der Waals surface area contributed by atoms with Crippen LogP contribution < -0.4 is 42.0 Å². The third-order valence-corrected chi connectivity index (χ3v) is 17.6. The fourth-order valence-electron chi connectivity index (χ4n) is 11.7. The summed E-state index contributed by atoms with van der Waals surface area (Å²) in [6.07, 6.45) is 3.53. The molecule has 8 rings (SSSR count). The molecule has 532 valence electrons. The molecular weight excluding hydrogens is 1300 g/mol. The fourth-order valence-corrected chi connectivity index (χ4v) is 11.9. The van der Waals surface area contributed by atoms with E-state index in [9.17, 15) is 52.7 Å². The van der Waals surface area contributed by atoms with Gasteiger partial charge in [-0.2, -0.15) is 0 Å². The maximum atomic E-state index is 14.4. The van der Waals surface area contributed by atoms with Crippen LogP contribution >= 0.6 is 11.6 Å². The maximum Gasteiger partial charge on any atom is 0.415 e. The van der Waals surface area contributed by atoms with Gasteiger partial charge in [0.15, 0.2) is 11.5 Å². The molecule has 27 nitrogen and oxygen atoms in total. The minimum absolute atomic E-state index is 0.00762. The van der Waals surface area contributed by atoms with E-state index in [1.807, 2.05) is 45.2 Å². The van der Waals surface area contributed by atoms with Gasteiger partial charge in [0, 0.05) is 156 Å². The van der Waals surface area contributed by atoms with Gasteiger partial charge in [0.25, 0.3) is 23.6 Å². The molecule has 0 saturated carbocycles. The number of benzene rings is 4. The van der Waals surface area contributed by atoms with Crippen molar-refractivity contribution in [2.75, 3.05) is 135 Å². The Labute approximate surface area is 579 Å². The van der Waals surface area contributed by atoms with E-state index in [0.717, 1.165) is 34.3 Å². The van der Waals surface area contributed by atoms with Crippen molar-refractivity contribution in [2.24, 2.45) is 17.6 Å². The van der Waals surface area contributed by atoms with Crippen molar-refractivity contribution in [1.82, 2.24) is 36.0 Å². The number of hydrogen-bond donors (Lipinski definition) is 6. The Hall–Kier alpha value is -9.12. The first-order valence-electron chi connectivity index (χ1n) is 33.5. The van der Waals surface area contributed by atoms with Gasteiger partial charge in [-0.05, 0) is 91.6 Å². The molecule has 3 aliphatic heterocycles. The minimum atomic E-state index is -0.957. The van der Waals surface area contributed by atoms with Crippen molar-refractivity contribution in [3.63, 3.8) is 0 Å². The van der Waals surface area contributed by atoms with Crippen molar-refractivity contribution < 1.29 is 80.8 Å². The van der Waals surface area contributed by atoms with E-state index in [1.54, 1.807) is 64.4 Å². The molecule has 5 aromatic rings. The van der Waals surface area contributed by atoms with Gasteiger partial charge in [0.05, 0.1) is 58.0 Å². The lowest BCUT2D eigenvalue weighted by Gasteiger charge is -2.31. The summed E-state index contributed by atoms with van der Waals surface area (Å²) in [7, 11) is 2.00. The number of ketones is 2. The van der Waals surface area contributed by atoms with Gasteiger partial charge >= 0.3 is 12.1 Å². The van der Waals surface area contributed by atoms with Crippen molar-refractivity contribution in [3.05, 3.63) is 113 Å². The molecule has 4 aromatic carbocycles. The van der Waals surface area contributed by atoms with Crippen LogP contribution in [0.1, 0.15) is 103 Å². The van der Waals surface area contributed by atoms with Crippen LogP contribution in [0.5, 0.6) is 5.75 Å². The number of likely N-dealkylation sites (N-methyl/N-ethyl adjacent to an activating group) is 1. The van der Waals surface area contributed by atoms with E-state index in [0.29, 0.717) is 111 Å². The highest BCUT2D eigenvalue weighted by Crippen LogP contribution is 2.46. The van der Waals surface area contributed by atoms with Crippen molar-refractivity contribution >= 4 is 110 Å². The van der Waals surface area contributed by atoms with Gasteiger partial charge in [-0.15, -0.1) is 11.6 Å². The Morgan fingerprint density at radius 2 is 1.33 bits per heavy atom. The van der Waals surface area contributed by atoms with Crippen molar-refractivity contribution in [3.8, 4) is 5.75 Å². The molecule has 4 heterocycles. The number of fused-ring (bicyclic) bond motifs is 4. The van der Waals surface area contributed by atoms with Gasteiger partial charge in [-0.1, -0.05) is 50.2 Å². The lowest BCUT2D eigenvalue weighted by molar-refractivity contribution is -0.137. The summed E-state index contributed by atoms with van der Waals surface area (Å²) in [5, 5.41) is 15.9. The predicted octanol–water partition coefficient (Wildman–Crippen LogP) is 6.02. The van der Waals surface area contributed by atoms with Crippen LogP contribution in [0.3, 0.4) is 0 Å². The number of Topliss-reactive ketones (excluding diaryl/α,β-unsaturated/α-hetero) is 2. The standard InChI is InChI=1S/C71H89ClN10O17/c1-46(2)53(17-19-62(85)74-25-26-75-63(86)23-33-95-35-37-97-39-38-96-36-34-94-32-7-8-52(83)22-27-81-64(87)20-21-65(81)88)68(90)78-56(11-6-24-76-70(73)92)58(84)40-47-12-14-48(15-13-47)67(89)77-51-16-18-59-49(41-51)42-61(98-59)69(91)82-45-50(44-72)66-55-10-5-4-9-54(55)60(43-57(66)82)99-71(93)80-30-28-79(3)29-31-80/h4-5,9-10,12-16,18,20-21,41-43,46,50,53,56H,6-8,11,17,19,22-40,44-45H2,1-3H3,(H,74,85)(H,75,86)(H,77,89)(H,78,90)(H3,73,76,92)/t50-,53+,56+/m1/s1. The summed E-state index contributed by atoms with van der Waals surface area (Å²) in [5.74, 6) is -3.47. The summed E-state index contributed by atoms with van der Waals surface area (Å²) in [4.78, 5) is 148. The van der Waals surface area contributed by atoms with E-state index < -0.39 is 53.6 Å². The smallest absolute Gasteiger partial charge is 0.415 e. The summed E-state index contributed by atoms with van der Waals surface area (Å²) in [5.41, 5.74) is 8.42. The topological polar surface area (TPSA) is 346 Å². The molecule has 99 heavy (non-hydrogen) atoms. The number of nitrogens with two attached hydrogens (primary N) is 1. The number of imide groups is 1. The second kappa shape index (κ2) is 38.3. The van der Waals surface area contributed by atoms with Gasteiger partial charge in [-0.3, -0.25) is 48.1 Å². The summed E-state index contributed by atoms with van der Waals surface area (Å²) >= 11 is 6.56. The molecular formula is C71H89ClN10O17. The molecule has 1 fully saturated rings. The van der Waals surface area contributed by atoms with Gasteiger partial charge in [-0.25, -0.2) is 9.59 Å². The lowest BCUT2D eigenvalue weighted by Crippen LogP contribution is -2.48. The van der Waals surface area contributed by atoms with Crippen LogP contribution in [-0.2, 0) is 58.9 Å². The zero-order valence-electron chi connectivity index (χ0n) is 56.2. The number of ether oxygens (including phenoxy) is 5. The maximum absolute atomic E-state index is 14.4. The fraction of sp³-hybridized carbons (Fsp3) is 0.479. The molecule has 0 spiro atoms. The van der Waals surface area contributed by atoms with E-state index >= 15 is 0 Å². The molecule has 0 radical (unpaired) electrons. The quantitative estimate of drug-likeness (QED) is 0.0148. The first kappa shape index (κ1) is 75.6. The number of anilines is 2. The third-order valence-electron chi connectivity index (χ3n) is 17.2. The SMILES string of the molecule is CC(C)[C@H](CCC(=O)NCCNC(=O)CCOCCOCCOCCOCCCC(=O)CCN1C(=O)C=CC1=O)C(=O)N[C@@H](CCCNC(N)=O)C(=O)Cc1ccc(C(=O)Nc2ccc3oc(C(=O)N4C[C@@H](CCl)c5c4cc(OC(=O)N4CCN(C)CC4)c4ccccc54)cc3c2)cc1. The second-order valence-corrected chi connectivity index (χ2v) is 25.1. The number of rotatable bonds is 40. The van der Waals surface area contributed by atoms with Crippen LogP contribution in [0.25, 0.3) is 21.7 Å². The lowest BCUT2D eigenvalue weighted by atomic mass is 9.89. The van der Waals surface area contributed by atoms with E-state index in [1.165, 1.54) is 12.2 Å². The minimum Gasteiger partial charge on any atom is -0.451 e. The Balaban J connectivity index is 0.722. The number of hydrogen-bond acceptors (Lipinski definition) is 18. The highest BCUT2D eigenvalue weighted by Gasteiger charge is 2.37. The number of furan rings is 1. The van der Waals surface area contributed by atoms with Gasteiger partial charge in [0.1, 0.15) is 17.1 Å². The van der Waals surface area contributed by atoms with Crippen LogP contribution in [-0.4, -0.2) is 210 Å².